The fraction of sp³-hybridized carbons (Fsp3) is 0.250. The van der Waals surface area contributed by atoms with Crippen LogP contribution in [0.4, 0.5) is 0 Å². The Kier molecular flexibility index (Phi) is 5.57. The number of esters is 1. The molecule has 2 aromatic heterocycles. The lowest BCUT2D eigenvalue weighted by molar-refractivity contribution is 0.0500. The Bertz CT molecular complexity index is 828. The molecule has 1 aromatic carbocycles. The van der Waals surface area contributed by atoms with Crippen molar-refractivity contribution in [2.45, 2.75) is 26.3 Å². The molecule has 3 aromatic rings. The van der Waals surface area contributed by atoms with Crippen LogP contribution in [0.3, 0.4) is 0 Å². The lowest BCUT2D eigenvalue weighted by atomic mass is 10.2. The molecule has 5 nitrogen and oxygen atoms in total. The van der Waals surface area contributed by atoms with Crippen molar-refractivity contribution >= 4 is 5.97 Å². The van der Waals surface area contributed by atoms with Crippen LogP contribution >= 0.6 is 0 Å². The first-order chi connectivity index (χ1) is 12.2. The molecule has 0 spiro atoms. The van der Waals surface area contributed by atoms with E-state index in [1.54, 1.807) is 17.1 Å². The smallest absolute Gasteiger partial charge is 0.341 e. The summed E-state index contributed by atoms with van der Waals surface area (Å²) < 4.78 is 7.06. The molecular weight excluding hydrogens is 314 g/mol. The van der Waals surface area contributed by atoms with E-state index < -0.39 is 0 Å². The molecule has 0 bridgehead atoms. The highest BCUT2D eigenvalue weighted by atomic mass is 16.5. The molecule has 2 heterocycles. The van der Waals surface area contributed by atoms with E-state index in [1.807, 2.05) is 55.5 Å². The van der Waals surface area contributed by atoms with Crippen molar-refractivity contribution in [2.24, 2.45) is 0 Å². The fourth-order valence-electron chi connectivity index (χ4n) is 2.57. The predicted octanol–water partition coefficient (Wildman–Crippen LogP) is 3.42. The minimum Gasteiger partial charge on any atom is -0.462 e. The van der Waals surface area contributed by atoms with Gasteiger partial charge in [0, 0.05) is 17.6 Å². The molecule has 0 fully saturated rings. The highest BCUT2D eigenvalue weighted by molar-refractivity contribution is 5.88. The Labute approximate surface area is 147 Å². The third-order valence-corrected chi connectivity index (χ3v) is 3.81. The molecule has 128 valence electrons. The highest BCUT2D eigenvalue weighted by Crippen LogP contribution is 2.07. The molecular formula is C20H21N3O2. The van der Waals surface area contributed by atoms with E-state index in [9.17, 15) is 4.79 Å². The zero-order chi connectivity index (χ0) is 17.5. The maximum absolute atomic E-state index is 12.1. The van der Waals surface area contributed by atoms with Gasteiger partial charge in [0.25, 0.3) is 0 Å². The number of aryl methyl sites for hydroxylation is 2. The lowest BCUT2D eigenvalue weighted by Gasteiger charge is -2.04. The molecule has 0 N–H and O–H groups in total. The van der Waals surface area contributed by atoms with Gasteiger partial charge in [-0.25, -0.2) is 4.79 Å². The monoisotopic (exact) mass is 335 g/mol. The van der Waals surface area contributed by atoms with E-state index in [-0.39, 0.29) is 5.97 Å². The van der Waals surface area contributed by atoms with Crippen molar-refractivity contribution in [3.63, 3.8) is 0 Å². The molecule has 0 aliphatic carbocycles. The lowest BCUT2D eigenvalue weighted by Crippen LogP contribution is -2.07. The van der Waals surface area contributed by atoms with E-state index in [0.29, 0.717) is 18.7 Å². The number of carbonyl (C=O) groups is 1. The van der Waals surface area contributed by atoms with Gasteiger partial charge in [0.2, 0.25) is 0 Å². The Balaban J connectivity index is 1.45. The average molecular weight is 335 g/mol. The SMILES string of the molecule is Cc1cccc(CCCOC(=O)c2cnn(Cc3ccccc3)c2)n1. The molecule has 0 aliphatic heterocycles. The van der Waals surface area contributed by atoms with E-state index >= 15 is 0 Å². The van der Waals surface area contributed by atoms with Gasteiger partial charge in [-0.1, -0.05) is 36.4 Å². The van der Waals surface area contributed by atoms with Gasteiger partial charge in [-0.2, -0.15) is 5.10 Å². The van der Waals surface area contributed by atoms with Gasteiger partial charge in [-0.15, -0.1) is 0 Å². The Morgan fingerprint density at radius 2 is 1.96 bits per heavy atom. The average Bonchev–Trinajstić information content (AvgIpc) is 3.08. The Morgan fingerprint density at radius 3 is 2.76 bits per heavy atom. The fourth-order valence-corrected chi connectivity index (χ4v) is 2.57. The molecule has 0 amide bonds. The molecule has 0 aliphatic rings. The van der Waals surface area contributed by atoms with Crippen LogP contribution in [0.1, 0.15) is 33.7 Å². The summed E-state index contributed by atoms with van der Waals surface area (Å²) in [5.41, 5.74) is 3.63. The minimum atomic E-state index is -0.337. The van der Waals surface area contributed by atoms with Crippen molar-refractivity contribution < 1.29 is 9.53 Å². The summed E-state index contributed by atoms with van der Waals surface area (Å²) in [7, 11) is 0. The van der Waals surface area contributed by atoms with Crippen molar-refractivity contribution in [3.8, 4) is 0 Å². The number of ether oxygens (including phenoxy) is 1. The molecule has 0 unspecified atom stereocenters. The second-order valence-corrected chi connectivity index (χ2v) is 5.92. The number of rotatable bonds is 7. The van der Waals surface area contributed by atoms with Gasteiger partial charge in [-0.05, 0) is 37.5 Å². The number of nitrogens with zero attached hydrogens (tertiary/aromatic N) is 3. The summed E-state index contributed by atoms with van der Waals surface area (Å²) in [5.74, 6) is -0.337. The van der Waals surface area contributed by atoms with Gasteiger partial charge in [0.15, 0.2) is 0 Å². The highest BCUT2D eigenvalue weighted by Gasteiger charge is 2.10. The van der Waals surface area contributed by atoms with Crippen LogP contribution < -0.4 is 0 Å². The second-order valence-electron chi connectivity index (χ2n) is 5.92. The van der Waals surface area contributed by atoms with Gasteiger partial charge >= 0.3 is 5.97 Å². The molecule has 5 heteroatoms. The van der Waals surface area contributed by atoms with Crippen LogP contribution in [-0.4, -0.2) is 27.3 Å². The van der Waals surface area contributed by atoms with Crippen LogP contribution in [-0.2, 0) is 17.7 Å². The summed E-state index contributed by atoms with van der Waals surface area (Å²) in [6, 6.07) is 15.9. The number of hydrogen-bond acceptors (Lipinski definition) is 4. The predicted molar refractivity (Wildman–Crippen MR) is 95.3 cm³/mol. The van der Waals surface area contributed by atoms with Crippen LogP contribution in [0.2, 0.25) is 0 Å². The molecule has 25 heavy (non-hydrogen) atoms. The molecule has 3 rings (SSSR count). The molecule has 0 atom stereocenters. The van der Waals surface area contributed by atoms with E-state index in [1.165, 1.54) is 0 Å². The summed E-state index contributed by atoms with van der Waals surface area (Å²) >= 11 is 0. The molecule has 0 saturated heterocycles. The topological polar surface area (TPSA) is 57.0 Å². The minimum absolute atomic E-state index is 0.337. The van der Waals surface area contributed by atoms with E-state index in [0.717, 1.165) is 29.8 Å². The van der Waals surface area contributed by atoms with Crippen molar-refractivity contribution in [1.29, 1.82) is 0 Å². The first kappa shape index (κ1) is 16.9. The summed E-state index contributed by atoms with van der Waals surface area (Å²) in [5, 5.41) is 4.22. The van der Waals surface area contributed by atoms with Crippen molar-refractivity contribution in [1.82, 2.24) is 14.8 Å². The third-order valence-electron chi connectivity index (χ3n) is 3.81. The first-order valence-corrected chi connectivity index (χ1v) is 8.37. The largest absolute Gasteiger partial charge is 0.462 e. The van der Waals surface area contributed by atoms with Crippen LogP contribution in [0.5, 0.6) is 0 Å². The van der Waals surface area contributed by atoms with E-state index in [4.69, 9.17) is 4.74 Å². The van der Waals surface area contributed by atoms with Gasteiger partial charge in [0.05, 0.1) is 24.9 Å². The quantitative estimate of drug-likeness (QED) is 0.490. The number of aromatic nitrogens is 3. The zero-order valence-electron chi connectivity index (χ0n) is 14.3. The zero-order valence-corrected chi connectivity index (χ0v) is 14.3. The van der Waals surface area contributed by atoms with Crippen LogP contribution in [0, 0.1) is 6.92 Å². The summed E-state index contributed by atoms with van der Waals surface area (Å²) in [6.45, 7) is 2.97. The van der Waals surface area contributed by atoms with Gasteiger partial charge in [0.1, 0.15) is 0 Å². The number of hydrogen-bond donors (Lipinski definition) is 0. The number of pyridine rings is 1. The van der Waals surface area contributed by atoms with Crippen molar-refractivity contribution in [2.75, 3.05) is 6.61 Å². The first-order valence-electron chi connectivity index (χ1n) is 8.37. The summed E-state index contributed by atoms with van der Waals surface area (Å²) in [6.07, 6.45) is 4.81. The Morgan fingerprint density at radius 1 is 1.12 bits per heavy atom. The van der Waals surface area contributed by atoms with E-state index in [2.05, 4.69) is 10.1 Å². The summed E-state index contributed by atoms with van der Waals surface area (Å²) in [4.78, 5) is 16.5. The third kappa shape index (κ3) is 5.01. The standard InChI is InChI=1S/C20H21N3O2/c1-16-7-5-10-19(22-16)11-6-12-25-20(24)18-13-21-23(15-18)14-17-8-3-2-4-9-17/h2-5,7-10,13,15H,6,11-12,14H2,1H3. The van der Waals surface area contributed by atoms with Crippen molar-refractivity contribution in [3.05, 3.63) is 83.4 Å². The van der Waals surface area contributed by atoms with Gasteiger partial charge < -0.3 is 4.74 Å². The maximum Gasteiger partial charge on any atom is 0.341 e. The van der Waals surface area contributed by atoms with Gasteiger partial charge in [-0.3, -0.25) is 9.67 Å². The maximum atomic E-state index is 12.1. The Hall–Kier alpha value is -2.95. The number of carbonyl (C=O) groups excluding carboxylic acids is 1. The normalized spacial score (nSPS) is 10.6. The number of benzene rings is 1. The molecule has 0 radical (unpaired) electrons. The molecule has 0 saturated carbocycles. The van der Waals surface area contributed by atoms with Crippen LogP contribution in [0.15, 0.2) is 60.9 Å². The second kappa shape index (κ2) is 8.24. The van der Waals surface area contributed by atoms with Crippen LogP contribution in [0.25, 0.3) is 0 Å².